The maximum atomic E-state index is 12.2. The molecule has 1 N–H and O–H groups in total. The molecule has 0 aromatic heterocycles. The molecule has 0 spiro atoms. The number of hydrogen-bond acceptors (Lipinski definition) is 3. The second-order valence-corrected chi connectivity index (χ2v) is 5.59. The van der Waals surface area contributed by atoms with Crippen molar-refractivity contribution in [2.45, 2.75) is 19.1 Å². The van der Waals surface area contributed by atoms with Crippen LogP contribution in [-0.2, 0) is 9.63 Å². The Morgan fingerprint density at radius 3 is 2.48 bits per heavy atom. The van der Waals surface area contributed by atoms with Crippen molar-refractivity contribution < 1.29 is 9.63 Å². The topological polar surface area (TPSA) is 41.6 Å². The van der Waals surface area contributed by atoms with E-state index in [1.165, 1.54) is 5.06 Å². The lowest BCUT2D eigenvalue weighted by molar-refractivity contribution is -0.119. The molecule has 2 aromatic rings. The Hall–Kier alpha value is -2.04. The largest absolute Gasteiger partial charge is 0.355 e. The van der Waals surface area contributed by atoms with E-state index in [1.54, 1.807) is 12.1 Å². The zero-order valence-electron chi connectivity index (χ0n) is 11.5. The zero-order chi connectivity index (χ0) is 14.9. The first-order valence-electron chi connectivity index (χ1n) is 6.67. The summed E-state index contributed by atoms with van der Waals surface area (Å²) in [6, 6.07) is 16.6. The van der Waals surface area contributed by atoms with E-state index >= 15 is 0 Å². The van der Waals surface area contributed by atoms with Gasteiger partial charge in [-0.2, -0.15) is 5.06 Å². The van der Waals surface area contributed by atoms with Crippen molar-refractivity contribution in [1.29, 1.82) is 0 Å². The number of rotatable bonds is 3. The van der Waals surface area contributed by atoms with Gasteiger partial charge in [0.25, 0.3) is 5.91 Å². The number of hydroxylamine groups is 1. The minimum absolute atomic E-state index is 0.0786. The Labute approximate surface area is 128 Å². The van der Waals surface area contributed by atoms with Gasteiger partial charge >= 0.3 is 0 Å². The quantitative estimate of drug-likeness (QED) is 0.936. The smallest absolute Gasteiger partial charge is 0.255 e. The molecule has 0 bridgehead atoms. The highest BCUT2D eigenvalue weighted by Crippen LogP contribution is 2.32. The van der Waals surface area contributed by atoms with Crippen molar-refractivity contribution in [2.75, 3.05) is 10.4 Å². The Morgan fingerprint density at radius 1 is 1.14 bits per heavy atom. The summed E-state index contributed by atoms with van der Waals surface area (Å²) in [7, 11) is 0. The lowest BCUT2D eigenvalue weighted by Gasteiger charge is -2.26. The second kappa shape index (κ2) is 5.39. The normalized spacial score (nSPS) is 21.6. The van der Waals surface area contributed by atoms with Crippen LogP contribution in [0.2, 0.25) is 5.02 Å². The van der Waals surface area contributed by atoms with Gasteiger partial charge in [-0.1, -0.05) is 29.8 Å². The summed E-state index contributed by atoms with van der Waals surface area (Å²) in [6.45, 7) is 1.85. The number of benzene rings is 2. The summed E-state index contributed by atoms with van der Waals surface area (Å²) in [6.07, 6.45) is 0.254. The van der Waals surface area contributed by atoms with Gasteiger partial charge in [0, 0.05) is 10.7 Å². The summed E-state index contributed by atoms with van der Waals surface area (Å²) >= 11 is 5.87. The van der Waals surface area contributed by atoms with Crippen molar-refractivity contribution in [2.24, 2.45) is 0 Å². The van der Waals surface area contributed by atoms with E-state index in [2.05, 4.69) is 5.32 Å². The number of para-hydroxylation sites is 1. The third kappa shape index (κ3) is 3.01. The fraction of sp³-hybridized carbons (Fsp3) is 0.188. The van der Waals surface area contributed by atoms with Crippen molar-refractivity contribution in [3.63, 3.8) is 0 Å². The number of carbonyl (C=O) groups is 1. The Bertz CT molecular complexity index is 645. The van der Waals surface area contributed by atoms with Gasteiger partial charge in [0.15, 0.2) is 5.72 Å². The first-order valence-corrected chi connectivity index (χ1v) is 7.04. The van der Waals surface area contributed by atoms with E-state index < -0.39 is 5.72 Å². The van der Waals surface area contributed by atoms with Gasteiger partial charge in [-0.15, -0.1) is 0 Å². The van der Waals surface area contributed by atoms with Crippen LogP contribution >= 0.6 is 11.6 Å². The predicted molar refractivity (Wildman–Crippen MR) is 83.1 cm³/mol. The van der Waals surface area contributed by atoms with Gasteiger partial charge in [-0.3, -0.25) is 4.79 Å². The minimum atomic E-state index is -0.777. The van der Waals surface area contributed by atoms with Crippen LogP contribution in [0.25, 0.3) is 0 Å². The average Bonchev–Trinajstić information content (AvgIpc) is 2.77. The number of anilines is 2. The molecule has 0 saturated carbocycles. The van der Waals surface area contributed by atoms with Crippen LogP contribution in [0.15, 0.2) is 54.6 Å². The lowest BCUT2D eigenvalue weighted by atomic mass is 10.1. The van der Waals surface area contributed by atoms with Crippen LogP contribution in [0, 0.1) is 0 Å². The monoisotopic (exact) mass is 302 g/mol. The van der Waals surface area contributed by atoms with Gasteiger partial charge in [0.1, 0.15) is 0 Å². The first kappa shape index (κ1) is 13.9. The second-order valence-electron chi connectivity index (χ2n) is 5.15. The molecule has 1 aliphatic heterocycles. The van der Waals surface area contributed by atoms with Crippen LogP contribution in [0.5, 0.6) is 0 Å². The number of nitrogens with one attached hydrogen (secondary N) is 1. The summed E-state index contributed by atoms with van der Waals surface area (Å²) in [5, 5.41) is 5.23. The number of hydrogen-bond donors (Lipinski definition) is 1. The maximum Gasteiger partial charge on any atom is 0.255 e. The van der Waals surface area contributed by atoms with Crippen LogP contribution in [-0.4, -0.2) is 11.6 Å². The standard InChI is InChI=1S/C16H15ClN2O2/c1-16(18-13-9-7-12(17)8-10-13)11-15(20)19(21-16)14-5-3-2-4-6-14/h2-10,18H,11H2,1H3. The molecule has 1 amide bonds. The molecule has 0 aliphatic carbocycles. The number of nitrogens with zero attached hydrogens (tertiary/aromatic N) is 1. The van der Waals surface area contributed by atoms with E-state index in [0.29, 0.717) is 5.02 Å². The fourth-order valence-corrected chi connectivity index (χ4v) is 2.44. The molecule has 108 valence electrons. The lowest BCUT2D eigenvalue weighted by Crippen LogP contribution is -2.35. The molecule has 1 saturated heterocycles. The molecule has 1 fully saturated rings. The van der Waals surface area contributed by atoms with Crippen molar-refractivity contribution in [3.8, 4) is 0 Å². The molecule has 3 rings (SSSR count). The van der Waals surface area contributed by atoms with Gasteiger partial charge in [0.05, 0.1) is 12.1 Å². The molecule has 1 unspecified atom stereocenters. The van der Waals surface area contributed by atoms with E-state index in [9.17, 15) is 4.79 Å². The third-order valence-corrected chi connectivity index (χ3v) is 3.50. The molecule has 1 atom stereocenters. The van der Waals surface area contributed by atoms with E-state index in [4.69, 9.17) is 16.4 Å². The Morgan fingerprint density at radius 2 is 1.81 bits per heavy atom. The van der Waals surface area contributed by atoms with Crippen molar-refractivity contribution in [1.82, 2.24) is 0 Å². The fourth-order valence-electron chi connectivity index (χ4n) is 2.31. The summed E-state index contributed by atoms with van der Waals surface area (Å²) in [5.41, 5.74) is 0.801. The van der Waals surface area contributed by atoms with Gasteiger partial charge in [0.2, 0.25) is 0 Å². The molecular weight excluding hydrogens is 288 g/mol. The Balaban J connectivity index is 1.78. The van der Waals surface area contributed by atoms with Crippen LogP contribution in [0.4, 0.5) is 11.4 Å². The molecule has 2 aromatic carbocycles. The van der Waals surface area contributed by atoms with Crippen LogP contribution < -0.4 is 10.4 Å². The van der Waals surface area contributed by atoms with E-state index in [-0.39, 0.29) is 12.3 Å². The number of amides is 1. The highest BCUT2D eigenvalue weighted by molar-refractivity contribution is 6.30. The summed E-state index contributed by atoms with van der Waals surface area (Å²) in [4.78, 5) is 18.0. The van der Waals surface area contributed by atoms with E-state index in [0.717, 1.165) is 11.4 Å². The summed E-state index contributed by atoms with van der Waals surface area (Å²) in [5.74, 6) is -0.0786. The maximum absolute atomic E-state index is 12.2. The molecule has 21 heavy (non-hydrogen) atoms. The third-order valence-electron chi connectivity index (χ3n) is 3.25. The molecule has 5 heteroatoms. The Kier molecular flexibility index (Phi) is 3.57. The van der Waals surface area contributed by atoms with E-state index in [1.807, 2.05) is 49.4 Å². The molecule has 1 heterocycles. The van der Waals surface area contributed by atoms with Crippen LogP contribution in [0.1, 0.15) is 13.3 Å². The first-order chi connectivity index (χ1) is 10.1. The van der Waals surface area contributed by atoms with Gasteiger partial charge in [-0.05, 0) is 43.3 Å². The predicted octanol–water partition coefficient (Wildman–Crippen LogP) is 3.84. The van der Waals surface area contributed by atoms with Gasteiger partial charge in [-0.25, -0.2) is 4.84 Å². The molecule has 4 nitrogen and oxygen atoms in total. The molecular formula is C16H15ClN2O2. The SMILES string of the molecule is CC1(Nc2ccc(Cl)cc2)CC(=O)N(c2ccccc2)O1. The highest BCUT2D eigenvalue weighted by atomic mass is 35.5. The molecule has 1 aliphatic rings. The zero-order valence-corrected chi connectivity index (χ0v) is 12.3. The molecule has 0 radical (unpaired) electrons. The van der Waals surface area contributed by atoms with Crippen molar-refractivity contribution in [3.05, 3.63) is 59.6 Å². The number of halogens is 1. The van der Waals surface area contributed by atoms with Crippen molar-refractivity contribution >= 4 is 28.9 Å². The average molecular weight is 303 g/mol. The minimum Gasteiger partial charge on any atom is -0.355 e. The van der Waals surface area contributed by atoms with Crippen LogP contribution in [0.3, 0.4) is 0 Å². The van der Waals surface area contributed by atoms with Gasteiger partial charge < -0.3 is 5.32 Å². The number of carbonyl (C=O) groups excluding carboxylic acids is 1. The summed E-state index contributed by atoms with van der Waals surface area (Å²) < 4.78 is 0. The highest BCUT2D eigenvalue weighted by Gasteiger charge is 2.42.